The number of H-pyrrole nitrogens is 2. The molecule has 2 N–H and O–H groups in total. The van der Waals surface area contributed by atoms with E-state index < -0.39 is 0 Å². The number of rotatable bonds is 0. The van der Waals surface area contributed by atoms with Crippen molar-refractivity contribution in [2.75, 3.05) is 0 Å². The van der Waals surface area contributed by atoms with E-state index >= 15 is 0 Å². The standard InChI is InChI=1S/C3H4N2.Ru/c1-2-5-3-4-1;/h1-2,4-5H;. The van der Waals surface area contributed by atoms with E-state index in [0.717, 1.165) is 4.01 Å². The molecule has 3 heteroatoms. The Labute approximate surface area is 44.8 Å². The molecule has 0 aromatic carbocycles. The summed E-state index contributed by atoms with van der Waals surface area (Å²) in [5.41, 5.74) is 0. The maximum atomic E-state index is 2.91. The summed E-state index contributed by atoms with van der Waals surface area (Å²) in [4.78, 5) is 5.83. The maximum absolute atomic E-state index is 2.91. The summed E-state index contributed by atoms with van der Waals surface area (Å²) in [5.74, 6) is 0. The van der Waals surface area contributed by atoms with Gasteiger partial charge in [0.05, 0.1) is 0 Å². The third-order valence-electron chi connectivity index (χ3n) is 0.496. The van der Waals surface area contributed by atoms with Gasteiger partial charge in [0, 0.05) is 0 Å². The van der Waals surface area contributed by atoms with E-state index in [-0.39, 0.29) is 0 Å². The van der Waals surface area contributed by atoms with Crippen molar-refractivity contribution in [3.8, 4) is 0 Å². The van der Waals surface area contributed by atoms with Crippen molar-refractivity contribution in [3.63, 3.8) is 0 Å². The van der Waals surface area contributed by atoms with Gasteiger partial charge in [-0.25, -0.2) is 0 Å². The Morgan fingerprint density at radius 1 is 1.33 bits per heavy atom. The van der Waals surface area contributed by atoms with Gasteiger partial charge in [-0.3, -0.25) is 0 Å². The van der Waals surface area contributed by atoms with Crippen LogP contribution in [0.15, 0.2) is 12.4 Å². The molecule has 0 bridgehead atoms. The molecule has 1 aromatic rings. The molecule has 0 spiro atoms. The predicted octanol–water partition coefficient (Wildman–Crippen LogP) is 0.422. The number of hydrogen-bond donors (Lipinski definition) is 2. The van der Waals surface area contributed by atoms with Crippen LogP contribution in [0, 0.1) is 4.01 Å². The fourth-order valence-corrected chi connectivity index (χ4v) is 0.557. The van der Waals surface area contributed by atoms with Crippen molar-refractivity contribution < 1.29 is 17.9 Å². The first-order valence-corrected chi connectivity index (χ1v) is 2.46. The molecule has 0 fully saturated rings. The summed E-state index contributed by atoms with van der Waals surface area (Å²) in [7, 11) is 0. The van der Waals surface area contributed by atoms with Crippen molar-refractivity contribution in [2.24, 2.45) is 0 Å². The van der Waals surface area contributed by atoms with Crippen molar-refractivity contribution in [1.29, 1.82) is 0 Å². The second-order valence-corrected chi connectivity index (χ2v) is 1.79. The number of imidazole rings is 1. The minimum atomic E-state index is 1.02. The van der Waals surface area contributed by atoms with Gasteiger partial charge in [-0.1, -0.05) is 0 Å². The van der Waals surface area contributed by atoms with Crippen LogP contribution >= 0.6 is 0 Å². The van der Waals surface area contributed by atoms with E-state index in [1.807, 2.05) is 12.4 Å². The topological polar surface area (TPSA) is 31.6 Å². The fraction of sp³-hybridized carbons (Fsp3) is 0. The molecular formula is C3H4N2Ru. The summed E-state index contributed by atoms with van der Waals surface area (Å²) in [6, 6.07) is 0. The van der Waals surface area contributed by atoms with Crippen LogP contribution in [0.3, 0.4) is 0 Å². The Bertz CT molecular complexity index is 147. The Morgan fingerprint density at radius 3 is 2.00 bits per heavy atom. The van der Waals surface area contributed by atoms with Crippen LogP contribution in [0.4, 0.5) is 0 Å². The van der Waals surface area contributed by atoms with Crippen LogP contribution < -0.4 is 0 Å². The Kier molecular flexibility index (Phi) is 1.02. The van der Waals surface area contributed by atoms with Gasteiger partial charge in [0.2, 0.25) is 0 Å². The summed E-state index contributed by atoms with van der Waals surface area (Å²) >= 11 is 2.42. The SMILES string of the molecule is [Ru]=[c]1[nH]cc[nH]1. The van der Waals surface area contributed by atoms with E-state index in [1.165, 1.54) is 0 Å². The first kappa shape index (κ1) is 4.00. The van der Waals surface area contributed by atoms with E-state index in [1.54, 1.807) is 0 Å². The Morgan fingerprint density at radius 2 is 1.83 bits per heavy atom. The van der Waals surface area contributed by atoms with Gasteiger partial charge in [-0.15, -0.1) is 0 Å². The Hall–Kier alpha value is -0.167. The second kappa shape index (κ2) is 1.52. The van der Waals surface area contributed by atoms with Gasteiger partial charge in [0.15, 0.2) is 0 Å². The fourth-order valence-electron chi connectivity index (χ4n) is 0.267. The molecular weight excluding hydrogens is 165 g/mol. The number of aromatic nitrogens is 2. The van der Waals surface area contributed by atoms with Crippen molar-refractivity contribution in [3.05, 3.63) is 16.4 Å². The zero-order valence-electron chi connectivity index (χ0n) is 3.01. The van der Waals surface area contributed by atoms with Crippen LogP contribution in [0.5, 0.6) is 0 Å². The first-order chi connectivity index (χ1) is 2.89. The zero-order valence-corrected chi connectivity index (χ0v) is 4.75. The van der Waals surface area contributed by atoms with Gasteiger partial charge in [0.1, 0.15) is 0 Å². The number of aromatic amines is 2. The summed E-state index contributed by atoms with van der Waals surface area (Å²) in [5, 5.41) is 0. The van der Waals surface area contributed by atoms with E-state index in [0.29, 0.717) is 0 Å². The van der Waals surface area contributed by atoms with Crippen LogP contribution in [0.25, 0.3) is 0 Å². The predicted molar refractivity (Wildman–Crippen MR) is 18.4 cm³/mol. The number of hydrogen-bond acceptors (Lipinski definition) is 0. The molecule has 0 unspecified atom stereocenters. The monoisotopic (exact) mass is 170 g/mol. The van der Waals surface area contributed by atoms with Gasteiger partial charge in [-0.05, 0) is 0 Å². The van der Waals surface area contributed by atoms with Gasteiger partial charge >= 0.3 is 44.2 Å². The van der Waals surface area contributed by atoms with Crippen molar-refractivity contribution in [1.82, 2.24) is 9.97 Å². The molecule has 1 aromatic heterocycles. The van der Waals surface area contributed by atoms with Gasteiger partial charge in [-0.2, -0.15) is 0 Å². The number of nitrogens with one attached hydrogen (secondary N) is 2. The van der Waals surface area contributed by atoms with Crippen molar-refractivity contribution >= 4 is 0 Å². The molecule has 0 aliphatic rings. The Balaban J connectivity index is 3.41. The second-order valence-electron chi connectivity index (χ2n) is 0.924. The summed E-state index contributed by atoms with van der Waals surface area (Å²) < 4.78 is 1.02. The molecule has 0 saturated heterocycles. The average Bonchev–Trinajstić information content (AvgIpc) is 1.86. The van der Waals surface area contributed by atoms with Crippen LogP contribution in [-0.4, -0.2) is 9.97 Å². The summed E-state index contributed by atoms with van der Waals surface area (Å²) in [6.45, 7) is 0. The molecule has 1 heterocycles. The molecule has 0 aliphatic carbocycles. The van der Waals surface area contributed by atoms with Crippen molar-refractivity contribution in [2.45, 2.75) is 0 Å². The quantitative estimate of drug-likeness (QED) is 0.527. The third kappa shape index (κ3) is 0.659. The molecule has 0 aliphatic heterocycles. The van der Waals surface area contributed by atoms with E-state index in [2.05, 4.69) is 27.8 Å². The normalized spacial score (nSPS) is 8.83. The minimum absolute atomic E-state index is 1.02. The molecule has 0 amide bonds. The van der Waals surface area contributed by atoms with Crippen LogP contribution in [0.1, 0.15) is 0 Å². The van der Waals surface area contributed by atoms with Gasteiger partial charge < -0.3 is 0 Å². The zero-order chi connectivity index (χ0) is 4.41. The molecule has 0 radical (unpaired) electrons. The molecule has 34 valence electrons. The van der Waals surface area contributed by atoms with Gasteiger partial charge in [0.25, 0.3) is 0 Å². The molecule has 6 heavy (non-hydrogen) atoms. The summed E-state index contributed by atoms with van der Waals surface area (Å²) in [6.07, 6.45) is 3.68. The van der Waals surface area contributed by atoms with E-state index in [9.17, 15) is 0 Å². The molecule has 0 atom stereocenters. The third-order valence-corrected chi connectivity index (χ3v) is 0.998. The van der Waals surface area contributed by atoms with Crippen LogP contribution in [-0.2, 0) is 17.9 Å². The molecule has 2 nitrogen and oxygen atoms in total. The van der Waals surface area contributed by atoms with E-state index in [4.69, 9.17) is 0 Å². The first-order valence-electron chi connectivity index (χ1n) is 1.59. The molecule has 0 saturated carbocycles. The van der Waals surface area contributed by atoms with Crippen LogP contribution in [0.2, 0.25) is 0 Å². The molecule has 1 rings (SSSR count). The average molecular weight is 169 g/mol.